The molecule has 0 spiro atoms. The second-order valence-corrected chi connectivity index (χ2v) is 10.4. The van der Waals surface area contributed by atoms with Crippen LogP contribution in [0.1, 0.15) is 39.2 Å². The van der Waals surface area contributed by atoms with Crippen molar-refractivity contribution < 1.29 is 22.1 Å². The van der Waals surface area contributed by atoms with Gasteiger partial charge in [-0.3, -0.25) is 4.18 Å². The molecular weight excluding hydrogens is 388 g/mol. The van der Waals surface area contributed by atoms with Crippen LogP contribution in [0, 0.1) is 24.2 Å². The van der Waals surface area contributed by atoms with Gasteiger partial charge in [-0.25, -0.2) is 0 Å². The zero-order chi connectivity index (χ0) is 21.3. The van der Waals surface area contributed by atoms with Crippen molar-refractivity contribution in [2.75, 3.05) is 19.8 Å². The van der Waals surface area contributed by atoms with E-state index in [4.69, 9.17) is 13.7 Å². The van der Waals surface area contributed by atoms with Crippen LogP contribution in [-0.4, -0.2) is 34.0 Å². The van der Waals surface area contributed by atoms with Crippen molar-refractivity contribution in [3.8, 4) is 0 Å². The van der Waals surface area contributed by atoms with Gasteiger partial charge in [0, 0.05) is 5.92 Å². The fourth-order valence-electron chi connectivity index (χ4n) is 4.19. The average Bonchev–Trinajstić information content (AvgIpc) is 3.07. The number of hydrogen-bond donors (Lipinski definition) is 0. The van der Waals surface area contributed by atoms with Crippen LogP contribution < -0.4 is 0 Å². The summed E-state index contributed by atoms with van der Waals surface area (Å²) in [5.74, 6) is -0.521. The Morgan fingerprint density at radius 3 is 2.41 bits per heavy atom. The zero-order valence-corrected chi connectivity index (χ0v) is 18.6. The van der Waals surface area contributed by atoms with Crippen molar-refractivity contribution in [1.82, 2.24) is 0 Å². The molecule has 1 aliphatic carbocycles. The van der Waals surface area contributed by atoms with Gasteiger partial charge in [-0.2, -0.15) is 8.42 Å². The van der Waals surface area contributed by atoms with Gasteiger partial charge in [-0.05, 0) is 56.2 Å². The van der Waals surface area contributed by atoms with Crippen molar-refractivity contribution in [1.29, 1.82) is 0 Å². The number of hydrogen-bond acceptors (Lipinski definition) is 5. The lowest BCUT2D eigenvalue weighted by molar-refractivity contribution is -0.100. The number of ether oxygens (including phenoxy) is 2. The highest BCUT2D eigenvalue weighted by Crippen LogP contribution is 2.48. The maximum Gasteiger partial charge on any atom is 0.296 e. The SMILES string of the molecule is C=C1CC[C@H](COS(=O)(=O)c2ccc(C)cc2)C(C)(C)[C@H]1/C=C/C1(C)OCCO1. The first-order valence-electron chi connectivity index (χ1n) is 10.1. The summed E-state index contributed by atoms with van der Waals surface area (Å²) in [5.41, 5.74) is 1.95. The van der Waals surface area contributed by atoms with Crippen LogP contribution in [0.4, 0.5) is 0 Å². The lowest BCUT2D eigenvalue weighted by Gasteiger charge is -2.45. The summed E-state index contributed by atoms with van der Waals surface area (Å²) >= 11 is 0. The van der Waals surface area contributed by atoms with E-state index in [0.29, 0.717) is 13.2 Å². The number of aryl methyl sites for hydroxylation is 1. The molecule has 1 saturated carbocycles. The monoisotopic (exact) mass is 420 g/mol. The molecule has 29 heavy (non-hydrogen) atoms. The highest BCUT2D eigenvalue weighted by Gasteiger charge is 2.42. The fraction of sp³-hybridized carbons (Fsp3) is 0.565. The molecule has 6 heteroatoms. The maximum atomic E-state index is 12.6. The fourth-order valence-corrected chi connectivity index (χ4v) is 5.14. The summed E-state index contributed by atoms with van der Waals surface area (Å²) in [6, 6.07) is 6.73. The third kappa shape index (κ3) is 5.00. The van der Waals surface area contributed by atoms with Crippen LogP contribution in [0.25, 0.3) is 0 Å². The molecule has 1 aliphatic heterocycles. The van der Waals surface area contributed by atoms with Crippen LogP contribution in [-0.2, 0) is 23.8 Å². The highest BCUT2D eigenvalue weighted by molar-refractivity contribution is 7.86. The summed E-state index contributed by atoms with van der Waals surface area (Å²) in [4.78, 5) is 0.195. The normalized spacial score (nSPS) is 26.8. The van der Waals surface area contributed by atoms with E-state index >= 15 is 0 Å². The van der Waals surface area contributed by atoms with E-state index in [9.17, 15) is 8.42 Å². The van der Waals surface area contributed by atoms with Crippen LogP contribution in [0.3, 0.4) is 0 Å². The van der Waals surface area contributed by atoms with Gasteiger partial charge in [0.15, 0.2) is 5.79 Å². The topological polar surface area (TPSA) is 61.8 Å². The minimum atomic E-state index is -3.77. The van der Waals surface area contributed by atoms with E-state index in [1.807, 2.05) is 19.9 Å². The molecule has 0 bridgehead atoms. The van der Waals surface area contributed by atoms with E-state index in [-0.39, 0.29) is 28.8 Å². The van der Waals surface area contributed by atoms with Crippen molar-refractivity contribution in [2.24, 2.45) is 17.3 Å². The molecule has 3 rings (SSSR count). The summed E-state index contributed by atoms with van der Waals surface area (Å²) < 4.78 is 42.0. The van der Waals surface area contributed by atoms with Crippen molar-refractivity contribution in [3.63, 3.8) is 0 Å². The Bertz CT molecular complexity index is 861. The predicted molar refractivity (Wildman–Crippen MR) is 113 cm³/mol. The zero-order valence-electron chi connectivity index (χ0n) is 17.8. The Morgan fingerprint density at radius 2 is 1.79 bits per heavy atom. The Balaban J connectivity index is 1.71. The summed E-state index contributed by atoms with van der Waals surface area (Å²) in [5, 5.41) is 0. The smallest absolute Gasteiger partial charge is 0.296 e. The molecule has 5 nitrogen and oxygen atoms in total. The Morgan fingerprint density at radius 1 is 1.17 bits per heavy atom. The number of allylic oxidation sites excluding steroid dienone is 2. The second-order valence-electron chi connectivity index (χ2n) is 8.82. The third-order valence-corrected chi connectivity index (χ3v) is 7.59. The first-order chi connectivity index (χ1) is 13.5. The Hall–Kier alpha value is -1.47. The molecule has 1 aromatic rings. The largest absolute Gasteiger partial charge is 0.344 e. The number of rotatable bonds is 6. The summed E-state index contributed by atoms with van der Waals surface area (Å²) in [7, 11) is -3.77. The first kappa shape index (κ1) is 22.2. The Labute approximate surface area is 174 Å². The summed E-state index contributed by atoms with van der Waals surface area (Å²) in [6.45, 7) is 13.7. The average molecular weight is 421 g/mol. The molecule has 0 amide bonds. The van der Waals surface area contributed by atoms with Gasteiger partial charge in [0.1, 0.15) is 0 Å². The molecule has 2 aliphatic rings. The van der Waals surface area contributed by atoms with E-state index in [0.717, 1.165) is 24.0 Å². The van der Waals surface area contributed by atoms with Gasteiger partial charge >= 0.3 is 0 Å². The molecule has 2 fully saturated rings. The van der Waals surface area contributed by atoms with Crippen LogP contribution in [0.2, 0.25) is 0 Å². The Kier molecular flexibility index (Phi) is 6.39. The van der Waals surface area contributed by atoms with Gasteiger partial charge in [0.05, 0.1) is 24.7 Å². The number of benzene rings is 1. The minimum absolute atomic E-state index is 0.0843. The van der Waals surface area contributed by atoms with Crippen LogP contribution >= 0.6 is 0 Å². The molecule has 1 saturated heterocycles. The minimum Gasteiger partial charge on any atom is -0.344 e. The molecule has 160 valence electrons. The van der Waals surface area contributed by atoms with Crippen LogP contribution in [0.15, 0.2) is 53.5 Å². The molecule has 0 N–H and O–H groups in total. The van der Waals surface area contributed by atoms with E-state index < -0.39 is 15.9 Å². The summed E-state index contributed by atoms with van der Waals surface area (Å²) in [6.07, 6.45) is 5.76. The molecule has 1 heterocycles. The molecule has 0 radical (unpaired) electrons. The third-order valence-electron chi connectivity index (χ3n) is 6.29. The quantitative estimate of drug-likeness (QED) is 0.496. The lowest BCUT2D eigenvalue weighted by Crippen LogP contribution is -2.40. The highest BCUT2D eigenvalue weighted by atomic mass is 32.2. The standard InChI is InChI=1S/C23H32O5S/c1-17-6-10-20(11-7-17)29(24,25)28-16-19-9-8-18(2)21(22(19,3)4)12-13-23(5)26-14-15-27-23/h6-7,10-13,19,21H,2,8-9,14-16H2,1,3-5H3/b13-12+/t19-,21+/m1/s1. The van der Waals surface area contributed by atoms with Crippen molar-refractivity contribution >= 4 is 10.1 Å². The first-order valence-corrected chi connectivity index (χ1v) is 11.6. The second kappa shape index (κ2) is 8.34. The van der Waals surface area contributed by atoms with Crippen molar-refractivity contribution in [3.05, 3.63) is 54.1 Å². The van der Waals surface area contributed by atoms with Gasteiger partial charge in [-0.1, -0.05) is 49.8 Å². The van der Waals surface area contributed by atoms with E-state index in [1.54, 1.807) is 24.3 Å². The van der Waals surface area contributed by atoms with E-state index in [1.165, 1.54) is 0 Å². The van der Waals surface area contributed by atoms with E-state index in [2.05, 4.69) is 26.5 Å². The molecular formula is C23H32O5S. The van der Waals surface area contributed by atoms with Gasteiger partial charge in [0.25, 0.3) is 10.1 Å². The van der Waals surface area contributed by atoms with Gasteiger partial charge < -0.3 is 9.47 Å². The van der Waals surface area contributed by atoms with Crippen LogP contribution in [0.5, 0.6) is 0 Å². The predicted octanol–water partition coefficient (Wildman–Crippen LogP) is 4.63. The molecule has 1 aromatic carbocycles. The maximum absolute atomic E-state index is 12.6. The molecule has 0 aromatic heterocycles. The van der Waals surface area contributed by atoms with Gasteiger partial charge in [-0.15, -0.1) is 0 Å². The molecule has 0 unspecified atom stereocenters. The lowest BCUT2D eigenvalue weighted by atomic mass is 9.60. The van der Waals surface area contributed by atoms with Crippen molar-refractivity contribution in [2.45, 2.75) is 51.2 Å². The van der Waals surface area contributed by atoms with Gasteiger partial charge in [0.2, 0.25) is 0 Å². The molecule has 2 atom stereocenters.